The lowest BCUT2D eigenvalue weighted by molar-refractivity contribution is -0.125. The van der Waals surface area contributed by atoms with Crippen molar-refractivity contribution < 1.29 is 4.79 Å². The summed E-state index contributed by atoms with van der Waals surface area (Å²) in [4.78, 5) is 12.6. The lowest BCUT2D eigenvalue weighted by Gasteiger charge is -2.37. The SMILES string of the molecule is C[C@@H](NC(C)(C)C)[C@H](NC(C)(C)C)C(=O)NC(C)(C)C. The van der Waals surface area contributed by atoms with Crippen LogP contribution in [0.5, 0.6) is 0 Å². The molecule has 0 aromatic heterocycles. The molecule has 0 heterocycles. The molecule has 4 heteroatoms. The molecule has 0 aromatic rings. The summed E-state index contributed by atoms with van der Waals surface area (Å²) in [6.45, 7) is 20.6. The van der Waals surface area contributed by atoms with Crippen molar-refractivity contribution in [3.8, 4) is 0 Å². The monoisotopic (exact) mass is 285 g/mol. The quantitative estimate of drug-likeness (QED) is 0.743. The molecule has 0 radical (unpaired) electrons. The van der Waals surface area contributed by atoms with Gasteiger partial charge in [-0.05, 0) is 69.2 Å². The Kier molecular flexibility index (Phi) is 6.24. The van der Waals surface area contributed by atoms with E-state index < -0.39 is 0 Å². The highest BCUT2D eigenvalue weighted by Crippen LogP contribution is 2.10. The Hall–Kier alpha value is -0.610. The molecule has 0 fully saturated rings. The van der Waals surface area contributed by atoms with Crippen LogP contribution >= 0.6 is 0 Å². The van der Waals surface area contributed by atoms with Crippen molar-refractivity contribution in [2.24, 2.45) is 0 Å². The Morgan fingerprint density at radius 2 is 1.15 bits per heavy atom. The largest absolute Gasteiger partial charge is 0.350 e. The molecule has 0 rings (SSSR count). The molecule has 3 N–H and O–H groups in total. The molecule has 0 spiro atoms. The first-order valence-electron chi connectivity index (χ1n) is 7.48. The van der Waals surface area contributed by atoms with Gasteiger partial charge >= 0.3 is 0 Å². The topological polar surface area (TPSA) is 53.2 Å². The van der Waals surface area contributed by atoms with Crippen molar-refractivity contribution >= 4 is 5.91 Å². The van der Waals surface area contributed by atoms with Crippen LogP contribution in [0.4, 0.5) is 0 Å². The number of hydrogen-bond acceptors (Lipinski definition) is 3. The maximum Gasteiger partial charge on any atom is 0.239 e. The van der Waals surface area contributed by atoms with Crippen molar-refractivity contribution in [3.05, 3.63) is 0 Å². The van der Waals surface area contributed by atoms with Crippen LogP contribution in [-0.2, 0) is 4.79 Å². The molecule has 0 saturated heterocycles. The molecule has 20 heavy (non-hydrogen) atoms. The predicted molar refractivity (Wildman–Crippen MR) is 86.9 cm³/mol. The number of nitrogens with one attached hydrogen (secondary N) is 3. The lowest BCUT2D eigenvalue weighted by Crippen LogP contribution is -2.63. The van der Waals surface area contributed by atoms with E-state index >= 15 is 0 Å². The second-order valence-corrected chi connectivity index (χ2v) is 8.79. The van der Waals surface area contributed by atoms with E-state index in [2.05, 4.69) is 64.4 Å². The van der Waals surface area contributed by atoms with Gasteiger partial charge in [0.1, 0.15) is 6.04 Å². The highest BCUT2D eigenvalue weighted by molar-refractivity contribution is 5.83. The van der Waals surface area contributed by atoms with Gasteiger partial charge in [-0.25, -0.2) is 0 Å². The van der Waals surface area contributed by atoms with Crippen LogP contribution in [0.15, 0.2) is 0 Å². The second-order valence-electron chi connectivity index (χ2n) is 8.79. The minimum absolute atomic E-state index is 0.0285. The van der Waals surface area contributed by atoms with Crippen molar-refractivity contribution in [2.45, 2.75) is 97.9 Å². The number of hydrogen-bond donors (Lipinski definition) is 3. The highest BCUT2D eigenvalue weighted by Gasteiger charge is 2.32. The first-order valence-corrected chi connectivity index (χ1v) is 7.48. The van der Waals surface area contributed by atoms with E-state index in [4.69, 9.17) is 0 Å². The van der Waals surface area contributed by atoms with Gasteiger partial charge < -0.3 is 10.6 Å². The van der Waals surface area contributed by atoms with Crippen LogP contribution in [0, 0.1) is 0 Å². The van der Waals surface area contributed by atoms with Gasteiger partial charge in [0, 0.05) is 22.7 Å². The molecule has 0 aliphatic carbocycles. The Labute approximate surface area is 125 Å². The van der Waals surface area contributed by atoms with E-state index in [-0.39, 0.29) is 34.6 Å². The summed E-state index contributed by atoms with van der Waals surface area (Å²) in [5.41, 5.74) is -0.372. The van der Waals surface area contributed by atoms with Crippen LogP contribution in [0.1, 0.15) is 69.2 Å². The Morgan fingerprint density at radius 3 is 1.45 bits per heavy atom. The number of rotatable bonds is 4. The zero-order valence-corrected chi connectivity index (χ0v) is 15.1. The molecule has 0 aliphatic heterocycles. The summed E-state index contributed by atoms with van der Waals surface area (Å²) >= 11 is 0. The van der Waals surface area contributed by atoms with Gasteiger partial charge in [-0.3, -0.25) is 10.1 Å². The Balaban J connectivity index is 5.03. The number of carbonyl (C=O) groups excluding carboxylic acids is 1. The van der Waals surface area contributed by atoms with Crippen LogP contribution in [-0.4, -0.2) is 34.6 Å². The lowest BCUT2D eigenvalue weighted by atomic mass is 9.98. The molecule has 4 nitrogen and oxygen atoms in total. The summed E-state index contributed by atoms with van der Waals surface area (Å²) in [7, 11) is 0. The summed E-state index contributed by atoms with van der Waals surface area (Å²) < 4.78 is 0. The minimum Gasteiger partial charge on any atom is -0.350 e. The highest BCUT2D eigenvalue weighted by atomic mass is 16.2. The molecule has 1 amide bonds. The zero-order valence-electron chi connectivity index (χ0n) is 15.1. The smallest absolute Gasteiger partial charge is 0.239 e. The van der Waals surface area contributed by atoms with Gasteiger partial charge in [-0.2, -0.15) is 0 Å². The first kappa shape index (κ1) is 19.4. The van der Waals surface area contributed by atoms with Crippen LogP contribution in [0.2, 0.25) is 0 Å². The molecular weight excluding hydrogens is 250 g/mol. The minimum atomic E-state index is -0.270. The summed E-state index contributed by atoms with van der Waals surface area (Å²) in [5, 5.41) is 9.98. The molecule has 0 unspecified atom stereocenters. The predicted octanol–water partition coefficient (Wildman–Crippen LogP) is 2.43. The molecule has 0 aliphatic rings. The average Bonchev–Trinajstić information content (AvgIpc) is 2.06. The fourth-order valence-electron chi connectivity index (χ4n) is 2.10. The maximum atomic E-state index is 12.6. The van der Waals surface area contributed by atoms with E-state index in [1.807, 2.05) is 20.8 Å². The molecule has 120 valence electrons. The maximum absolute atomic E-state index is 12.6. The van der Waals surface area contributed by atoms with Gasteiger partial charge in [-0.1, -0.05) is 0 Å². The Morgan fingerprint density at radius 1 is 0.750 bits per heavy atom. The van der Waals surface area contributed by atoms with Crippen molar-refractivity contribution in [2.75, 3.05) is 0 Å². The van der Waals surface area contributed by atoms with Crippen LogP contribution in [0.3, 0.4) is 0 Å². The van der Waals surface area contributed by atoms with Gasteiger partial charge in [-0.15, -0.1) is 0 Å². The standard InChI is InChI=1S/C16H35N3O/c1-11(17-14(2,3)4)12(18-15(5,6)7)13(20)19-16(8,9)10/h11-12,17-18H,1-10H3,(H,19,20)/t11-,12+/m1/s1. The average molecular weight is 285 g/mol. The van der Waals surface area contributed by atoms with E-state index in [1.54, 1.807) is 0 Å². The van der Waals surface area contributed by atoms with E-state index in [1.165, 1.54) is 0 Å². The van der Waals surface area contributed by atoms with Gasteiger partial charge in [0.2, 0.25) is 5.91 Å². The fourth-order valence-corrected chi connectivity index (χ4v) is 2.10. The van der Waals surface area contributed by atoms with E-state index in [9.17, 15) is 4.79 Å². The first-order chi connectivity index (χ1) is 8.61. The van der Waals surface area contributed by atoms with Crippen molar-refractivity contribution in [1.29, 1.82) is 0 Å². The molecule has 2 atom stereocenters. The Bertz CT molecular complexity index is 318. The molecular formula is C16H35N3O. The van der Waals surface area contributed by atoms with Crippen molar-refractivity contribution in [3.63, 3.8) is 0 Å². The number of amides is 1. The van der Waals surface area contributed by atoms with Gasteiger partial charge in [0.15, 0.2) is 0 Å². The normalized spacial score (nSPS) is 16.7. The number of carbonyl (C=O) groups is 1. The molecule has 0 saturated carbocycles. The molecule has 0 bridgehead atoms. The zero-order chi connectivity index (χ0) is 16.4. The third kappa shape index (κ3) is 9.32. The fraction of sp³-hybridized carbons (Fsp3) is 0.938. The summed E-state index contributed by atoms with van der Waals surface area (Å²) in [6, 6.07) is -0.231. The summed E-state index contributed by atoms with van der Waals surface area (Å²) in [6.07, 6.45) is 0. The molecule has 0 aromatic carbocycles. The second kappa shape index (κ2) is 6.44. The van der Waals surface area contributed by atoms with Crippen LogP contribution in [0.25, 0.3) is 0 Å². The van der Waals surface area contributed by atoms with Gasteiger partial charge in [0.25, 0.3) is 0 Å². The van der Waals surface area contributed by atoms with Crippen molar-refractivity contribution in [1.82, 2.24) is 16.0 Å². The van der Waals surface area contributed by atoms with E-state index in [0.717, 1.165) is 0 Å². The third-order valence-electron chi connectivity index (χ3n) is 2.53. The van der Waals surface area contributed by atoms with Crippen LogP contribution < -0.4 is 16.0 Å². The van der Waals surface area contributed by atoms with E-state index in [0.29, 0.717) is 0 Å². The third-order valence-corrected chi connectivity index (χ3v) is 2.53. The van der Waals surface area contributed by atoms with Gasteiger partial charge in [0.05, 0.1) is 0 Å². The summed E-state index contributed by atoms with van der Waals surface area (Å²) in [5.74, 6) is 0.0386.